The predicted octanol–water partition coefficient (Wildman–Crippen LogP) is 3.15. The minimum atomic E-state index is -0.904. The van der Waals surface area contributed by atoms with E-state index >= 15 is 0 Å². The van der Waals surface area contributed by atoms with Crippen molar-refractivity contribution in [2.45, 2.75) is 33.2 Å². The molecule has 0 fully saturated rings. The van der Waals surface area contributed by atoms with Crippen LogP contribution in [-0.2, 0) is 25.5 Å². The number of aromatic nitrogens is 1. The Labute approximate surface area is 180 Å². The number of hydrogen-bond donors (Lipinski definition) is 2. The van der Waals surface area contributed by atoms with Crippen LogP contribution >= 0.6 is 0 Å². The van der Waals surface area contributed by atoms with Crippen LogP contribution in [0, 0.1) is 20.8 Å². The summed E-state index contributed by atoms with van der Waals surface area (Å²) >= 11 is 0. The largest absolute Gasteiger partial charge is 0.467 e. The van der Waals surface area contributed by atoms with Crippen LogP contribution in [0.15, 0.2) is 42.6 Å². The molecule has 2 aromatic carbocycles. The maximum Gasteiger partial charge on any atom is 0.339 e. The van der Waals surface area contributed by atoms with Crippen molar-refractivity contribution in [1.82, 2.24) is 10.3 Å². The fourth-order valence-electron chi connectivity index (χ4n) is 3.80. The highest BCUT2D eigenvalue weighted by atomic mass is 16.5. The van der Waals surface area contributed by atoms with Crippen molar-refractivity contribution >= 4 is 28.7 Å². The Morgan fingerprint density at radius 3 is 2.42 bits per heavy atom. The lowest BCUT2D eigenvalue weighted by Gasteiger charge is -2.17. The number of nitrogens with one attached hydrogen (secondary N) is 2. The van der Waals surface area contributed by atoms with Gasteiger partial charge in [-0.3, -0.25) is 4.79 Å². The summed E-state index contributed by atoms with van der Waals surface area (Å²) in [5.74, 6) is -1.72. The number of methoxy groups -OCH3 is 1. The van der Waals surface area contributed by atoms with Crippen LogP contribution in [-0.4, -0.2) is 42.6 Å². The molecule has 0 radical (unpaired) electrons. The second-order valence-corrected chi connectivity index (χ2v) is 7.56. The lowest BCUT2D eigenvalue weighted by atomic mass is 10.00. The molecule has 7 nitrogen and oxygen atoms in total. The van der Waals surface area contributed by atoms with Crippen LogP contribution in [0.4, 0.5) is 0 Å². The second-order valence-electron chi connectivity index (χ2n) is 7.56. The Kier molecular flexibility index (Phi) is 6.74. The molecule has 1 heterocycles. The molecule has 3 rings (SSSR count). The fourth-order valence-corrected chi connectivity index (χ4v) is 3.80. The molecule has 162 valence electrons. The number of carbonyl (C=O) groups excluding carboxylic acids is 3. The highest BCUT2D eigenvalue weighted by molar-refractivity contribution is 5.94. The Morgan fingerprint density at radius 2 is 1.74 bits per heavy atom. The maximum absolute atomic E-state index is 12.5. The number of amides is 1. The van der Waals surface area contributed by atoms with E-state index in [9.17, 15) is 14.4 Å². The van der Waals surface area contributed by atoms with Crippen molar-refractivity contribution in [3.05, 3.63) is 70.4 Å². The van der Waals surface area contributed by atoms with E-state index in [0.717, 1.165) is 33.2 Å². The molecular weight excluding hydrogens is 396 g/mol. The number of ether oxygens (including phenoxy) is 2. The van der Waals surface area contributed by atoms with Crippen molar-refractivity contribution in [3.63, 3.8) is 0 Å². The quantitative estimate of drug-likeness (QED) is 0.570. The number of carbonyl (C=O) groups is 3. The summed E-state index contributed by atoms with van der Waals surface area (Å²) in [6.45, 7) is 5.10. The van der Waals surface area contributed by atoms with Gasteiger partial charge < -0.3 is 19.8 Å². The third-order valence-electron chi connectivity index (χ3n) is 5.14. The van der Waals surface area contributed by atoms with E-state index in [4.69, 9.17) is 9.47 Å². The molecular formula is C24H26N2O5. The summed E-state index contributed by atoms with van der Waals surface area (Å²) < 4.78 is 10.0. The smallest absolute Gasteiger partial charge is 0.339 e. The first-order valence-corrected chi connectivity index (χ1v) is 9.97. The van der Waals surface area contributed by atoms with E-state index < -0.39 is 30.5 Å². The highest BCUT2D eigenvalue weighted by Gasteiger charge is 2.24. The maximum atomic E-state index is 12.5. The van der Waals surface area contributed by atoms with E-state index in [1.54, 1.807) is 6.20 Å². The number of H-pyrrole nitrogens is 1. The molecule has 0 aliphatic heterocycles. The number of benzene rings is 2. The molecule has 0 saturated carbocycles. The molecule has 1 atom stereocenters. The van der Waals surface area contributed by atoms with E-state index in [0.29, 0.717) is 5.56 Å². The zero-order valence-electron chi connectivity index (χ0n) is 18.1. The SMILES string of the molecule is COC(=O)[C@@H](Cc1c[nH]c2ccccc12)NC(=O)COC(=O)c1c(C)cc(C)cc1C. The second kappa shape index (κ2) is 9.47. The number of fused-ring (bicyclic) bond motifs is 1. The number of rotatable bonds is 7. The number of esters is 2. The van der Waals surface area contributed by atoms with Crippen LogP contribution in [0.5, 0.6) is 0 Å². The first-order valence-electron chi connectivity index (χ1n) is 9.97. The molecule has 3 aromatic rings. The van der Waals surface area contributed by atoms with Gasteiger partial charge in [0, 0.05) is 23.5 Å². The fraction of sp³-hybridized carbons (Fsp3) is 0.292. The van der Waals surface area contributed by atoms with Crippen molar-refractivity contribution in [2.24, 2.45) is 0 Å². The monoisotopic (exact) mass is 422 g/mol. The van der Waals surface area contributed by atoms with E-state index in [1.165, 1.54) is 7.11 Å². The molecule has 0 bridgehead atoms. The average molecular weight is 422 g/mol. The zero-order chi connectivity index (χ0) is 22.5. The Balaban J connectivity index is 1.66. The number of aromatic amines is 1. The molecule has 0 unspecified atom stereocenters. The summed E-state index contributed by atoms with van der Waals surface area (Å²) in [6.07, 6.45) is 2.04. The lowest BCUT2D eigenvalue weighted by molar-refractivity contribution is -0.145. The number of aryl methyl sites for hydroxylation is 3. The topological polar surface area (TPSA) is 97.5 Å². The predicted molar refractivity (Wildman–Crippen MR) is 117 cm³/mol. The Morgan fingerprint density at radius 1 is 1.06 bits per heavy atom. The first-order chi connectivity index (χ1) is 14.8. The third kappa shape index (κ3) is 5.12. The molecule has 0 aliphatic carbocycles. The van der Waals surface area contributed by atoms with Gasteiger partial charge in [0.05, 0.1) is 12.7 Å². The van der Waals surface area contributed by atoms with Crippen molar-refractivity contribution < 1.29 is 23.9 Å². The molecule has 2 N–H and O–H groups in total. The summed E-state index contributed by atoms with van der Waals surface area (Å²) in [6, 6.07) is 10.5. The summed E-state index contributed by atoms with van der Waals surface area (Å²) in [5, 5.41) is 3.57. The molecule has 7 heteroatoms. The number of hydrogen-bond acceptors (Lipinski definition) is 5. The van der Waals surface area contributed by atoms with Crippen LogP contribution in [0.3, 0.4) is 0 Å². The Bertz CT molecular complexity index is 1110. The van der Waals surface area contributed by atoms with Crippen LogP contribution in [0.1, 0.15) is 32.6 Å². The summed E-state index contributed by atoms with van der Waals surface area (Å²) in [5.41, 5.74) is 4.87. The Hall–Kier alpha value is -3.61. The normalized spacial score (nSPS) is 11.7. The van der Waals surface area contributed by atoms with Gasteiger partial charge in [0.15, 0.2) is 6.61 Å². The van der Waals surface area contributed by atoms with Gasteiger partial charge in [-0.2, -0.15) is 0 Å². The average Bonchev–Trinajstić information content (AvgIpc) is 3.13. The van der Waals surface area contributed by atoms with Gasteiger partial charge in [-0.05, 0) is 43.5 Å². The van der Waals surface area contributed by atoms with Gasteiger partial charge in [-0.1, -0.05) is 35.9 Å². The molecule has 0 saturated heterocycles. The van der Waals surface area contributed by atoms with Gasteiger partial charge >= 0.3 is 11.9 Å². The van der Waals surface area contributed by atoms with Crippen molar-refractivity contribution in [1.29, 1.82) is 0 Å². The van der Waals surface area contributed by atoms with Gasteiger partial charge in [0.1, 0.15) is 6.04 Å². The van der Waals surface area contributed by atoms with Gasteiger partial charge in [-0.15, -0.1) is 0 Å². The van der Waals surface area contributed by atoms with E-state index in [-0.39, 0.29) is 6.42 Å². The van der Waals surface area contributed by atoms with Crippen molar-refractivity contribution in [3.8, 4) is 0 Å². The van der Waals surface area contributed by atoms with Crippen LogP contribution in [0.25, 0.3) is 10.9 Å². The van der Waals surface area contributed by atoms with E-state index in [1.807, 2.05) is 57.2 Å². The minimum Gasteiger partial charge on any atom is -0.467 e. The lowest BCUT2D eigenvalue weighted by Crippen LogP contribution is -2.44. The minimum absolute atomic E-state index is 0.243. The van der Waals surface area contributed by atoms with Gasteiger partial charge in [-0.25, -0.2) is 9.59 Å². The first kappa shape index (κ1) is 22.1. The van der Waals surface area contributed by atoms with Crippen LogP contribution in [0.2, 0.25) is 0 Å². The van der Waals surface area contributed by atoms with Gasteiger partial charge in [0.25, 0.3) is 5.91 Å². The molecule has 1 aromatic heterocycles. The zero-order valence-corrected chi connectivity index (χ0v) is 18.1. The highest BCUT2D eigenvalue weighted by Crippen LogP contribution is 2.20. The summed E-state index contributed by atoms with van der Waals surface area (Å²) in [4.78, 5) is 40.3. The number of para-hydroxylation sites is 1. The van der Waals surface area contributed by atoms with Crippen molar-refractivity contribution in [2.75, 3.05) is 13.7 Å². The molecule has 0 spiro atoms. The molecule has 31 heavy (non-hydrogen) atoms. The molecule has 1 amide bonds. The molecule has 0 aliphatic rings. The standard InChI is InChI=1S/C24H26N2O5/c1-14-9-15(2)22(16(3)10-14)24(29)31-13-21(27)26-20(23(28)30-4)11-17-12-25-19-8-6-5-7-18(17)19/h5-10,12,20,25H,11,13H2,1-4H3,(H,26,27)/t20-/m1/s1. The summed E-state index contributed by atoms with van der Waals surface area (Å²) in [7, 11) is 1.26. The third-order valence-corrected chi connectivity index (χ3v) is 5.14. The van der Waals surface area contributed by atoms with Crippen LogP contribution < -0.4 is 5.32 Å². The van der Waals surface area contributed by atoms with Gasteiger partial charge in [0.2, 0.25) is 0 Å². The van der Waals surface area contributed by atoms with E-state index in [2.05, 4.69) is 10.3 Å².